The largest absolute Gasteiger partial charge is 0.493 e. The highest BCUT2D eigenvalue weighted by Gasteiger charge is 2.26. The number of rotatable bonds is 11. The monoisotopic (exact) mass is 603 g/mol. The topological polar surface area (TPSA) is 100 Å². The summed E-state index contributed by atoms with van der Waals surface area (Å²) in [6.45, 7) is 3.14. The molecule has 1 fully saturated rings. The number of fused-ring (bicyclic) bond motifs is 2. The molecule has 0 unspecified atom stereocenters. The van der Waals surface area contributed by atoms with Crippen molar-refractivity contribution in [3.63, 3.8) is 0 Å². The van der Waals surface area contributed by atoms with Crippen LogP contribution in [0.3, 0.4) is 0 Å². The molecule has 45 heavy (non-hydrogen) atoms. The van der Waals surface area contributed by atoms with Crippen molar-refractivity contribution in [3.05, 3.63) is 90.6 Å². The van der Waals surface area contributed by atoms with Gasteiger partial charge in [0.25, 0.3) is 0 Å². The van der Waals surface area contributed by atoms with E-state index in [0.717, 1.165) is 39.7 Å². The number of nitrogens with zero attached hydrogens (tertiary/aromatic N) is 5. The Hall–Kier alpha value is -5.37. The van der Waals surface area contributed by atoms with Crippen molar-refractivity contribution >= 4 is 39.5 Å². The van der Waals surface area contributed by atoms with E-state index in [9.17, 15) is 10.1 Å². The first-order valence-electron chi connectivity index (χ1n) is 14.7. The molecule has 5 aromatic rings. The van der Waals surface area contributed by atoms with Crippen LogP contribution in [0.25, 0.3) is 21.7 Å². The summed E-state index contributed by atoms with van der Waals surface area (Å²) in [6, 6.07) is 27.6. The van der Waals surface area contributed by atoms with Gasteiger partial charge in [0.2, 0.25) is 6.41 Å². The fourth-order valence-electron chi connectivity index (χ4n) is 5.58. The summed E-state index contributed by atoms with van der Waals surface area (Å²) >= 11 is 0. The van der Waals surface area contributed by atoms with Crippen molar-refractivity contribution in [2.75, 3.05) is 63.5 Å². The lowest BCUT2D eigenvalue weighted by Gasteiger charge is -2.40. The van der Waals surface area contributed by atoms with E-state index in [4.69, 9.17) is 18.9 Å². The van der Waals surface area contributed by atoms with E-state index >= 15 is 0 Å². The summed E-state index contributed by atoms with van der Waals surface area (Å²) in [5.74, 6) is 2.54. The summed E-state index contributed by atoms with van der Waals surface area (Å²) in [7, 11) is 3.20. The van der Waals surface area contributed by atoms with Crippen LogP contribution < -0.4 is 24.1 Å². The zero-order valence-electron chi connectivity index (χ0n) is 25.2. The van der Waals surface area contributed by atoms with Crippen LogP contribution in [0, 0.1) is 11.3 Å². The molecule has 10 heteroatoms. The molecular formula is C35H33N5O5. The fraction of sp³-hybridized carbons (Fsp3) is 0.229. The van der Waals surface area contributed by atoms with E-state index in [1.54, 1.807) is 25.4 Å². The van der Waals surface area contributed by atoms with Crippen molar-refractivity contribution in [1.29, 1.82) is 5.26 Å². The lowest BCUT2D eigenvalue weighted by molar-refractivity contribution is -0.110. The van der Waals surface area contributed by atoms with Crippen molar-refractivity contribution < 1.29 is 23.7 Å². The lowest BCUT2D eigenvalue weighted by atomic mass is 10.1. The number of piperazine rings is 1. The third-order valence-electron chi connectivity index (χ3n) is 7.83. The van der Waals surface area contributed by atoms with E-state index in [1.807, 2.05) is 71.7 Å². The number of benzene rings is 4. The zero-order valence-corrected chi connectivity index (χ0v) is 25.2. The lowest BCUT2D eigenvalue weighted by Crippen LogP contribution is -2.54. The number of amides is 1. The van der Waals surface area contributed by atoms with Crippen molar-refractivity contribution in [3.8, 4) is 29.1 Å². The third-order valence-corrected chi connectivity index (χ3v) is 7.83. The standard InChI is InChI=1S/C35H33N5O5/c1-42-17-18-44-34-21-32-31(20-33(34)43-2)35(27(22-36)23-37-32)38-13-15-39(16-14-38)40(24-41)28-8-11-29(12-9-28)45-30-10-7-25-5-3-4-6-26(25)19-30/h3-12,19-21,23-24H,13-18H2,1-2H3. The van der Waals surface area contributed by atoms with E-state index in [0.29, 0.717) is 67.7 Å². The first kappa shape index (κ1) is 29.7. The molecule has 0 bridgehead atoms. The van der Waals surface area contributed by atoms with Gasteiger partial charge >= 0.3 is 0 Å². The molecule has 1 aromatic heterocycles. The van der Waals surface area contributed by atoms with Gasteiger partial charge < -0.3 is 23.8 Å². The molecule has 1 aliphatic heterocycles. The van der Waals surface area contributed by atoms with Gasteiger partial charge in [-0.25, -0.2) is 10.0 Å². The summed E-state index contributed by atoms with van der Waals surface area (Å²) in [5, 5.41) is 16.6. The van der Waals surface area contributed by atoms with Crippen LogP contribution in [0.2, 0.25) is 0 Å². The Kier molecular flexibility index (Phi) is 8.91. The number of pyridine rings is 1. The molecule has 0 aliphatic carbocycles. The molecule has 0 saturated carbocycles. The first-order chi connectivity index (χ1) is 22.1. The van der Waals surface area contributed by atoms with Gasteiger partial charge in [-0.1, -0.05) is 30.3 Å². The zero-order chi connectivity index (χ0) is 31.2. The maximum Gasteiger partial charge on any atom is 0.228 e. The molecule has 0 N–H and O–H groups in total. The Morgan fingerprint density at radius 1 is 0.889 bits per heavy atom. The molecule has 10 nitrogen and oxygen atoms in total. The molecule has 0 radical (unpaired) electrons. The van der Waals surface area contributed by atoms with E-state index in [-0.39, 0.29) is 0 Å². The van der Waals surface area contributed by atoms with Gasteiger partial charge in [0.15, 0.2) is 11.5 Å². The Morgan fingerprint density at radius 2 is 1.64 bits per heavy atom. The molecule has 0 spiro atoms. The van der Waals surface area contributed by atoms with Gasteiger partial charge in [0.1, 0.15) is 24.2 Å². The number of hydrogen-bond donors (Lipinski definition) is 0. The van der Waals surface area contributed by atoms with Crippen molar-refractivity contribution in [2.24, 2.45) is 0 Å². The molecule has 6 rings (SSSR count). The molecule has 0 atom stereocenters. The van der Waals surface area contributed by atoms with Crippen molar-refractivity contribution in [1.82, 2.24) is 9.99 Å². The maximum atomic E-state index is 12.3. The van der Waals surface area contributed by atoms with Crippen LogP contribution in [-0.4, -0.2) is 70.0 Å². The average Bonchev–Trinajstić information content (AvgIpc) is 3.09. The highest BCUT2D eigenvalue weighted by Crippen LogP contribution is 2.38. The van der Waals surface area contributed by atoms with Crippen molar-refractivity contribution in [2.45, 2.75) is 0 Å². The summed E-state index contributed by atoms with van der Waals surface area (Å²) in [5.41, 5.74) is 2.69. The minimum absolute atomic E-state index is 0.372. The maximum absolute atomic E-state index is 12.3. The van der Waals surface area contributed by atoms with Gasteiger partial charge in [-0.15, -0.1) is 0 Å². The fourth-order valence-corrected chi connectivity index (χ4v) is 5.58. The second-order valence-corrected chi connectivity index (χ2v) is 10.5. The Bertz CT molecular complexity index is 1850. The quantitative estimate of drug-likeness (QED) is 0.137. The number of hydrazine groups is 1. The second-order valence-electron chi connectivity index (χ2n) is 10.5. The number of carbonyl (C=O) groups is 1. The highest BCUT2D eigenvalue weighted by atomic mass is 16.5. The number of anilines is 2. The molecule has 1 saturated heterocycles. The summed E-state index contributed by atoms with van der Waals surface area (Å²) in [4.78, 5) is 19.0. The number of ether oxygens (including phenoxy) is 4. The van der Waals surface area contributed by atoms with Gasteiger partial charge in [0, 0.05) is 50.9 Å². The molecule has 2 heterocycles. The van der Waals surface area contributed by atoms with Gasteiger partial charge in [0.05, 0.1) is 36.2 Å². The Labute approximate surface area is 261 Å². The van der Waals surface area contributed by atoms with Crippen LogP contribution >= 0.6 is 0 Å². The number of methoxy groups -OCH3 is 2. The number of aromatic nitrogens is 1. The number of hydrogen-bond acceptors (Lipinski definition) is 9. The molecule has 1 amide bonds. The normalized spacial score (nSPS) is 13.4. The van der Waals surface area contributed by atoms with E-state index in [2.05, 4.69) is 28.1 Å². The molecular weight excluding hydrogens is 570 g/mol. The summed E-state index contributed by atoms with van der Waals surface area (Å²) < 4.78 is 22.6. The van der Waals surface area contributed by atoms with Gasteiger partial charge in [-0.3, -0.25) is 9.78 Å². The van der Waals surface area contributed by atoms with Crippen LogP contribution in [-0.2, 0) is 9.53 Å². The summed E-state index contributed by atoms with van der Waals surface area (Å²) in [6.07, 6.45) is 2.42. The Balaban J connectivity index is 1.17. The first-order valence-corrected chi connectivity index (χ1v) is 14.7. The predicted molar refractivity (Wildman–Crippen MR) is 173 cm³/mol. The van der Waals surface area contributed by atoms with Gasteiger partial charge in [-0.2, -0.15) is 5.26 Å². The van der Waals surface area contributed by atoms with Crippen LogP contribution in [0.1, 0.15) is 5.56 Å². The highest BCUT2D eigenvalue weighted by molar-refractivity contribution is 5.96. The van der Waals surface area contributed by atoms with E-state index < -0.39 is 0 Å². The average molecular weight is 604 g/mol. The minimum atomic E-state index is 0.372. The molecule has 228 valence electrons. The van der Waals surface area contributed by atoms with Gasteiger partial charge in [-0.05, 0) is 53.2 Å². The third kappa shape index (κ3) is 6.31. The van der Waals surface area contributed by atoms with Crippen LogP contribution in [0.5, 0.6) is 23.0 Å². The predicted octanol–water partition coefficient (Wildman–Crippen LogP) is 5.79. The molecule has 1 aliphatic rings. The van der Waals surface area contributed by atoms with Crippen LogP contribution in [0.4, 0.5) is 11.4 Å². The molecule has 4 aromatic carbocycles. The van der Waals surface area contributed by atoms with E-state index in [1.165, 1.54) is 0 Å². The SMILES string of the molecule is COCCOc1cc2ncc(C#N)c(N3CCN(N(C=O)c4ccc(Oc5ccc6ccccc6c5)cc4)CC3)c2cc1OC. The minimum Gasteiger partial charge on any atom is -0.493 e. The smallest absolute Gasteiger partial charge is 0.228 e. The Morgan fingerprint density at radius 3 is 2.36 bits per heavy atom. The van der Waals surface area contributed by atoms with Crippen LogP contribution in [0.15, 0.2) is 85.1 Å². The number of nitriles is 1. The second kappa shape index (κ2) is 13.5. The number of carbonyl (C=O) groups excluding carboxylic acids is 1.